The monoisotopic (exact) mass is 1770 g/mol. The largest absolute Gasteiger partial charge is 0.368 e. The molecule has 0 unspecified atom stereocenters. The number of likely N-dealkylation sites (N-methyl/N-ethyl adjacent to an activating group) is 1. The minimum Gasteiger partial charge on any atom is -0.368 e. The third kappa shape index (κ3) is 30.0. The number of aryl methyl sites for hydroxylation is 2. The quantitative estimate of drug-likeness (QED) is 0.0178. The summed E-state index contributed by atoms with van der Waals surface area (Å²) >= 11 is 18.7. The molecule has 0 bridgehead atoms. The number of nitrogens with one attached hydrogen (secondary N) is 6. The van der Waals surface area contributed by atoms with E-state index in [4.69, 9.17) is 17.4 Å². The van der Waals surface area contributed by atoms with E-state index in [1.54, 1.807) is 36.8 Å². The predicted molar refractivity (Wildman–Crippen MR) is 448 cm³/mol. The number of benzene rings is 3. The highest BCUT2D eigenvalue weighted by Gasteiger charge is 2.25. The number of piperidine rings is 3. The van der Waals surface area contributed by atoms with E-state index < -0.39 is 0 Å². The molecule has 4 aliphatic heterocycles. The number of carbonyl (C=O) groups excluding carboxylic acids is 4. The summed E-state index contributed by atoms with van der Waals surface area (Å²) in [6, 6.07) is 51.0. The highest BCUT2D eigenvalue weighted by atomic mass is 79.9. The van der Waals surface area contributed by atoms with Gasteiger partial charge in [-0.25, -0.2) is 20.8 Å². The number of fused-ring (bicyclic) bond motifs is 2. The maximum Gasteiger partial charge on any atom is 0.238 e. The average molecular weight is 1780 g/mol. The van der Waals surface area contributed by atoms with E-state index in [2.05, 4.69) is 260 Å². The van der Waals surface area contributed by atoms with Crippen molar-refractivity contribution in [2.45, 2.75) is 115 Å². The zero-order chi connectivity index (χ0) is 77.8. The molecular weight excluding hydrogens is 1680 g/mol. The highest BCUT2D eigenvalue weighted by Crippen LogP contribution is 2.22. The second kappa shape index (κ2) is 46.4. The van der Waals surface area contributed by atoms with Gasteiger partial charge in [0.15, 0.2) is 11.3 Å². The van der Waals surface area contributed by atoms with Gasteiger partial charge in [-0.15, -0.1) is 20.4 Å². The molecule has 584 valence electrons. The number of rotatable bonds is 22. The molecule has 0 radical (unpaired) electrons. The second-order valence-corrected chi connectivity index (χ2v) is 30.9. The standard InChI is InChI=1S/C26H35N7O.C21H26BrN5O2.C21H24BrN5O.C5H3BrClN.C5H6BrN3.CH5N/c1-30-15-17-32(18-16-30)23-7-8-24-28-29-25(33(24)20-23)9-10-26(34)27-22-11-13-31(14-12-22)19-21-5-3-2-4-6-21;22-17-6-7-19(23-14-17)25-26-21(29)9-8-20(28)24-18-10-12-27(13-11-18)15-16-4-2-1-3-5-16;22-17-6-7-19-24-25-20(27(19)15-17)8-9-21(28)23-18-10-12-26(13-11-18)14-16-4-2-1-3-5-16;6-4-1-2-5(7)8-3-4;6-4-1-2-5(9-7)8-3-4;1-2/h2-8,20,22H,9-19H2,1H3,(H,27,34);1-7,14,18H,8-13,15H2,(H,23,25)(H,24,28)(H,26,29);1-7,15,18H,8-14H2,(H,23,28);1-3H;1-3H,7H2,(H,8,9);2H2,1H3. The van der Waals surface area contributed by atoms with Crippen molar-refractivity contribution in [1.82, 2.24) is 85.1 Å². The molecule has 4 fully saturated rings. The van der Waals surface area contributed by atoms with Crippen LogP contribution in [0.5, 0.6) is 0 Å². The van der Waals surface area contributed by atoms with Gasteiger partial charge in [-0.05, 0) is 194 Å². The normalized spacial score (nSPS) is 15.1. The zero-order valence-corrected chi connectivity index (χ0v) is 69.3. The third-order valence-corrected chi connectivity index (χ3v) is 20.8. The lowest BCUT2D eigenvalue weighted by atomic mass is 10.0. The van der Waals surface area contributed by atoms with Crippen LogP contribution in [0.1, 0.15) is 92.5 Å². The Morgan fingerprint density at radius 3 is 1.24 bits per heavy atom. The number of hydrogen-bond donors (Lipinski definition) is 8. The fourth-order valence-corrected chi connectivity index (χ4v) is 13.9. The van der Waals surface area contributed by atoms with Crippen LogP contribution in [-0.2, 0) is 51.7 Å². The smallest absolute Gasteiger partial charge is 0.238 e. The van der Waals surface area contributed by atoms with Crippen molar-refractivity contribution in [3.8, 4) is 0 Å². The molecule has 0 saturated carbocycles. The number of carbonyl (C=O) groups is 4. The topological polar surface area (TPSA) is 308 Å². The molecule has 0 atom stereocenters. The van der Waals surface area contributed by atoms with Gasteiger partial charge in [0.1, 0.15) is 28.4 Å². The number of hydrazine groups is 2. The fourth-order valence-electron chi connectivity index (χ4n) is 12.7. The van der Waals surface area contributed by atoms with Gasteiger partial charge in [0.25, 0.3) is 0 Å². The maximum atomic E-state index is 12.7. The van der Waals surface area contributed by atoms with Crippen LogP contribution < -0.4 is 48.7 Å². The summed E-state index contributed by atoms with van der Waals surface area (Å²) in [6.07, 6.45) is 17.2. The molecule has 3 aromatic carbocycles. The number of amides is 4. The first-order valence-corrected chi connectivity index (χ1v) is 40.6. The Morgan fingerprint density at radius 2 is 0.827 bits per heavy atom. The Hall–Kier alpha value is -8.40. The number of aromatic nitrogens is 9. The maximum absolute atomic E-state index is 12.7. The molecule has 14 rings (SSSR count). The molecule has 26 nitrogen and oxygen atoms in total. The molecule has 31 heteroatoms. The Balaban J connectivity index is 0.000000170. The molecule has 4 amide bonds. The Morgan fingerprint density at radius 1 is 0.436 bits per heavy atom. The van der Waals surface area contributed by atoms with Crippen molar-refractivity contribution in [1.29, 1.82) is 0 Å². The molecule has 4 aliphatic rings. The molecule has 10 N–H and O–H groups in total. The summed E-state index contributed by atoms with van der Waals surface area (Å²) in [5.41, 5.74) is 19.0. The van der Waals surface area contributed by atoms with Crippen LogP contribution in [0.2, 0.25) is 5.15 Å². The van der Waals surface area contributed by atoms with Crippen LogP contribution in [-0.4, -0.2) is 185 Å². The zero-order valence-electron chi connectivity index (χ0n) is 62.2. The summed E-state index contributed by atoms with van der Waals surface area (Å²) in [7, 11) is 3.66. The fraction of sp³-hybridized carbons (Fsp3) is 0.380. The van der Waals surface area contributed by atoms with E-state index in [1.165, 1.54) is 29.4 Å². The highest BCUT2D eigenvalue weighted by molar-refractivity contribution is 9.11. The number of nitrogens with two attached hydrogens (primary N) is 2. The first-order valence-electron chi connectivity index (χ1n) is 37.0. The van der Waals surface area contributed by atoms with Gasteiger partial charge in [-0.1, -0.05) is 103 Å². The van der Waals surface area contributed by atoms with Gasteiger partial charge in [-0.3, -0.25) is 53.5 Å². The third-order valence-electron chi connectivity index (χ3n) is 18.7. The van der Waals surface area contributed by atoms with Gasteiger partial charge in [0, 0.05) is 191 Å². The Labute approximate surface area is 682 Å². The van der Waals surface area contributed by atoms with Gasteiger partial charge in [0.2, 0.25) is 23.6 Å². The lowest BCUT2D eigenvalue weighted by Gasteiger charge is -2.34. The van der Waals surface area contributed by atoms with Crippen LogP contribution in [0.3, 0.4) is 0 Å². The van der Waals surface area contributed by atoms with E-state index >= 15 is 0 Å². The van der Waals surface area contributed by atoms with Crippen molar-refractivity contribution in [3.63, 3.8) is 0 Å². The molecule has 0 spiro atoms. The number of halogens is 5. The molecule has 110 heavy (non-hydrogen) atoms. The van der Waals surface area contributed by atoms with Crippen LogP contribution in [0.25, 0.3) is 11.3 Å². The van der Waals surface area contributed by atoms with E-state index in [0.29, 0.717) is 42.5 Å². The summed E-state index contributed by atoms with van der Waals surface area (Å²) in [5.74, 6) is 7.80. The molecule has 4 saturated heterocycles. The molecule has 10 aromatic rings. The lowest BCUT2D eigenvalue weighted by Crippen LogP contribution is -2.44. The Kier molecular flexibility index (Phi) is 36.1. The summed E-state index contributed by atoms with van der Waals surface area (Å²) in [5, 5.41) is 27.0. The number of anilines is 3. The van der Waals surface area contributed by atoms with Crippen molar-refractivity contribution in [2.75, 3.05) is 95.3 Å². The van der Waals surface area contributed by atoms with Crippen molar-refractivity contribution in [2.24, 2.45) is 11.6 Å². The SMILES string of the molecule is CN.CN1CCN(c2ccc3nnc(CCC(=O)NC4CCN(Cc5ccccc5)CC4)n3c2)CC1.Clc1ccc(Br)cn1.NNc1ccc(Br)cn1.O=C(CCC(=O)NC1CCN(Cc2ccccc2)CC1)NNc1ccc(Br)cn1.O=C(CCc1nnc2ccc(Br)cn12)NC1CCN(Cc2ccccc2)CC1. The number of hydrogen-bond acceptors (Lipinski definition) is 20. The van der Waals surface area contributed by atoms with Crippen LogP contribution in [0, 0.1) is 0 Å². The van der Waals surface area contributed by atoms with E-state index in [9.17, 15) is 19.2 Å². The van der Waals surface area contributed by atoms with E-state index in [1.807, 2.05) is 63.5 Å². The molecule has 11 heterocycles. The Bertz CT molecular complexity index is 4340. The van der Waals surface area contributed by atoms with Gasteiger partial charge in [-0.2, -0.15) is 0 Å². The number of likely N-dealkylation sites (tertiary alicyclic amines) is 3. The lowest BCUT2D eigenvalue weighted by molar-refractivity contribution is -0.126. The van der Waals surface area contributed by atoms with Crippen LogP contribution in [0.15, 0.2) is 201 Å². The van der Waals surface area contributed by atoms with Crippen molar-refractivity contribution in [3.05, 3.63) is 234 Å². The van der Waals surface area contributed by atoms with Crippen LogP contribution >= 0.6 is 75.3 Å². The van der Waals surface area contributed by atoms with Gasteiger partial charge in [0.05, 0.1) is 5.69 Å². The number of pyridine rings is 5. The van der Waals surface area contributed by atoms with Crippen molar-refractivity contribution >= 4 is 128 Å². The van der Waals surface area contributed by atoms with Crippen LogP contribution in [0.4, 0.5) is 17.3 Å². The second-order valence-electron chi connectivity index (χ2n) is 26.9. The number of nitrogen functional groups attached to an aromatic ring is 1. The summed E-state index contributed by atoms with van der Waals surface area (Å²) in [6.45, 7) is 13.1. The van der Waals surface area contributed by atoms with E-state index in [0.717, 1.165) is 164 Å². The predicted octanol–water partition coefficient (Wildman–Crippen LogP) is 11.4. The number of piperazine rings is 1. The molecule has 0 aliphatic carbocycles. The first-order chi connectivity index (χ1) is 53.5. The van der Waals surface area contributed by atoms with Gasteiger partial charge >= 0.3 is 0 Å². The molecular formula is C79H99Br4ClN22O4. The summed E-state index contributed by atoms with van der Waals surface area (Å²) in [4.78, 5) is 73.0. The summed E-state index contributed by atoms with van der Waals surface area (Å²) < 4.78 is 7.69. The van der Waals surface area contributed by atoms with Crippen molar-refractivity contribution < 1.29 is 19.2 Å². The first kappa shape index (κ1) is 85.6. The minimum atomic E-state index is -0.248. The average Bonchev–Trinajstić information content (AvgIpc) is 2.08. The number of nitrogens with zero attached hydrogens (tertiary/aromatic N) is 14. The minimum absolute atomic E-state index is 0.0802. The van der Waals surface area contributed by atoms with E-state index in [-0.39, 0.29) is 54.6 Å². The van der Waals surface area contributed by atoms with Gasteiger partial charge < -0.3 is 36.9 Å². The molecule has 7 aromatic heterocycles.